The first kappa shape index (κ1) is 13.0. The van der Waals surface area contributed by atoms with Gasteiger partial charge >= 0.3 is 0 Å². The maximum Gasteiger partial charge on any atom is 0.0982 e. The highest BCUT2D eigenvalue weighted by atomic mass is 32.1. The molecule has 3 heteroatoms. The van der Waals surface area contributed by atoms with Crippen molar-refractivity contribution in [1.29, 1.82) is 0 Å². The number of thiazole rings is 1. The van der Waals surface area contributed by atoms with E-state index in [1.165, 1.54) is 42.9 Å². The fraction of sp³-hybridized carbons (Fsp3) is 0.786. The van der Waals surface area contributed by atoms with Crippen LogP contribution in [0.15, 0.2) is 5.38 Å². The van der Waals surface area contributed by atoms with Crippen LogP contribution >= 0.6 is 11.3 Å². The van der Waals surface area contributed by atoms with Crippen molar-refractivity contribution in [3.05, 3.63) is 16.1 Å². The fourth-order valence-corrected chi connectivity index (χ4v) is 3.26. The standard InChI is InChI=1S/C14H24N2S/c1-14(2,3)13-16-12(10-17-13)9-15-8-11-6-4-5-7-11/h10-11,15H,4-9H2,1-3H3. The smallest absolute Gasteiger partial charge is 0.0982 e. The molecule has 1 aliphatic carbocycles. The van der Waals surface area contributed by atoms with Gasteiger partial charge in [0.2, 0.25) is 0 Å². The van der Waals surface area contributed by atoms with Crippen LogP contribution in [-0.2, 0) is 12.0 Å². The van der Waals surface area contributed by atoms with Crippen molar-refractivity contribution in [1.82, 2.24) is 10.3 Å². The summed E-state index contributed by atoms with van der Waals surface area (Å²) in [4.78, 5) is 4.70. The molecule has 2 nitrogen and oxygen atoms in total. The summed E-state index contributed by atoms with van der Waals surface area (Å²) in [7, 11) is 0. The van der Waals surface area contributed by atoms with Crippen LogP contribution < -0.4 is 5.32 Å². The quantitative estimate of drug-likeness (QED) is 0.883. The van der Waals surface area contributed by atoms with E-state index < -0.39 is 0 Å². The highest BCUT2D eigenvalue weighted by Crippen LogP contribution is 2.26. The Balaban J connectivity index is 1.77. The lowest BCUT2D eigenvalue weighted by Gasteiger charge is -2.13. The Morgan fingerprint density at radius 3 is 2.65 bits per heavy atom. The van der Waals surface area contributed by atoms with E-state index in [1.807, 2.05) is 0 Å². The topological polar surface area (TPSA) is 24.9 Å². The zero-order valence-electron chi connectivity index (χ0n) is 11.3. The molecule has 0 aromatic carbocycles. The van der Waals surface area contributed by atoms with E-state index in [9.17, 15) is 0 Å². The number of hydrogen-bond donors (Lipinski definition) is 1. The predicted octanol–water partition coefficient (Wildman–Crippen LogP) is 3.72. The minimum Gasteiger partial charge on any atom is -0.311 e. The molecule has 1 fully saturated rings. The molecular formula is C14H24N2S. The summed E-state index contributed by atoms with van der Waals surface area (Å²) < 4.78 is 0. The first-order valence-corrected chi connectivity index (χ1v) is 7.59. The molecule has 0 aliphatic heterocycles. The van der Waals surface area contributed by atoms with Crippen LogP contribution in [0, 0.1) is 5.92 Å². The summed E-state index contributed by atoms with van der Waals surface area (Å²) in [5.41, 5.74) is 1.40. The molecule has 1 aromatic heterocycles. The lowest BCUT2D eigenvalue weighted by molar-refractivity contribution is 0.486. The molecule has 17 heavy (non-hydrogen) atoms. The Kier molecular flexibility index (Phi) is 4.21. The van der Waals surface area contributed by atoms with E-state index in [0.717, 1.165) is 12.5 Å². The van der Waals surface area contributed by atoms with Crippen molar-refractivity contribution < 1.29 is 0 Å². The maximum absolute atomic E-state index is 4.70. The van der Waals surface area contributed by atoms with Crippen molar-refractivity contribution in [2.75, 3.05) is 6.54 Å². The molecule has 1 N–H and O–H groups in total. The van der Waals surface area contributed by atoms with Gasteiger partial charge in [-0.25, -0.2) is 4.98 Å². The number of hydrogen-bond acceptors (Lipinski definition) is 3. The second-order valence-corrected chi connectivity index (χ2v) is 7.03. The van der Waals surface area contributed by atoms with E-state index in [-0.39, 0.29) is 5.41 Å². The molecule has 0 saturated heterocycles. The van der Waals surface area contributed by atoms with Crippen LogP contribution in [0.4, 0.5) is 0 Å². The molecule has 0 amide bonds. The summed E-state index contributed by atoms with van der Waals surface area (Å²) in [6.45, 7) is 8.77. The Labute approximate surface area is 109 Å². The highest BCUT2D eigenvalue weighted by Gasteiger charge is 2.18. The summed E-state index contributed by atoms with van der Waals surface area (Å²) >= 11 is 1.79. The van der Waals surface area contributed by atoms with Crippen molar-refractivity contribution in [3.63, 3.8) is 0 Å². The SMILES string of the molecule is CC(C)(C)c1nc(CNCC2CCCC2)cs1. The van der Waals surface area contributed by atoms with Gasteiger partial charge in [-0.2, -0.15) is 0 Å². The Morgan fingerprint density at radius 2 is 2.06 bits per heavy atom. The third-order valence-corrected chi connectivity index (χ3v) is 4.72. The van der Waals surface area contributed by atoms with Gasteiger partial charge in [0.15, 0.2) is 0 Å². The highest BCUT2D eigenvalue weighted by molar-refractivity contribution is 7.09. The van der Waals surface area contributed by atoms with Gasteiger partial charge in [0.25, 0.3) is 0 Å². The third-order valence-electron chi connectivity index (χ3n) is 3.41. The average Bonchev–Trinajstić information content (AvgIpc) is 2.86. The molecule has 1 saturated carbocycles. The van der Waals surface area contributed by atoms with Gasteiger partial charge in [0, 0.05) is 17.3 Å². The van der Waals surface area contributed by atoms with Crippen LogP contribution in [0.3, 0.4) is 0 Å². The molecule has 1 aliphatic rings. The van der Waals surface area contributed by atoms with E-state index in [1.54, 1.807) is 11.3 Å². The minimum atomic E-state index is 0.189. The zero-order valence-corrected chi connectivity index (χ0v) is 12.1. The number of aromatic nitrogens is 1. The van der Waals surface area contributed by atoms with E-state index in [2.05, 4.69) is 31.5 Å². The summed E-state index contributed by atoms with van der Waals surface area (Å²) in [6, 6.07) is 0. The molecule has 0 radical (unpaired) electrons. The van der Waals surface area contributed by atoms with E-state index in [4.69, 9.17) is 4.98 Å². The molecule has 0 spiro atoms. The van der Waals surface area contributed by atoms with Gasteiger partial charge in [-0.05, 0) is 25.3 Å². The number of rotatable bonds is 4. The molecule has 2 rings (SSSR count). The second-order valence-electron chi connectivity index (χ2n) is 6.18. The van der Waals surface area contributed by atoms with Gasteiger partial charge < -0.3 is 5.32 Å². The van der Waals surface area contributed by atoms with Gasteiger partial charge in [0.05, 0.1) is 10.7 Å². The summed E-state index contributed by atoms with van der Waals surface area (Å²) in [6.07, 6.45) is 5.68. The first-order chi connectivity index (χ1) is 8.05. The maximum atomic E-state index is 4.70. The second kappa shape index (κ2) is 5.49. The zero-order chi connectivity index (χ0) is 12.3. The minimum absolute atomic E-state index is 0.189. The lowest BCUT2D eigenvalue weighted by Crippen LogP contribution is -2.21. The molecule has 0 unspecified atom stereocenters. The van der Waals surface area contributed by atoms with Gasteiger partial charge in [-0.1, -0.05) is 33.6 Å². The summed E-state index contributed by atoms with van der Waals surface area (Å²) in [5, 5.41) is 6.99. The average molecular weight is 252 g/mol. The van der Waals surface area contributed by atoms with Crippen LogP contribution in [0.25, 0.3) is 0 Å². The van der Waals surface area contributed by atoms with Crippen LogP contribution in [0.1, 0.15) is 57.2 Å². The van der Waals surface area contributed by atoms with Crippen molar-refractivity contribution in [2.24, 2.45) is 5.92 Å². The van der Waals surface area contributed by atoms with Crippen LogP contribution in [-0.4, -0.2) is 11.5 Å². The van der Waals surface area contributed by atoms with Gasteiger partial charge in [-0.15, -0.1) is 11.3 Å². The molecule has 96 valence electrons. The number of nitrogens with one attached hydrogen (secondary N) is 1. The van der Waals surface area contributed by atoms with Crippen LogP contribution in [0.2, 0.25) is 0 Å². The van der Waals surface area contributed by atoms with E-state index >= 15 is 0 Å². The first-order valence-electron chi connectivity index (χ1n) is 6.71. The lowest BCUT2D eigenvalue weighted by atomic mass is 9.98. The largest absolute Gasteiger partial charge is 0.311 e. The number of nitrogens with zero attached hydrogens (tertiary/aromatic N) is 1. The summed E-state index contributed by atoms with van der Waals surface area (Å²) in [5.74, 6) is 0.913. The molecule has 0 bridgehead atoms. The van der Waals surface area contributed by atoms with Crippen molar-refractivity contribution in [3.8, 4) is 0 Å². The Bertz CT molecular complexity index is 345. The monoisotopic (exact) mass is 252 g/mol. The van der Waals surface area contributed by atoms with E-state index in [0.29, 0.717) is 0 Å². The van der Waals surface area contributed by atoms with Crippen molar-refractivity contribution >= 4 is 11.3 Å². The predicted molar refractivity (Wildman–Crippen MR) is 74.5 cm³/mol. The van der Waals surface area contributed by atoms with Crippen molar-refractivity contribution in [2.45, 2.75) is 58.4 Å². The molecule has 1 aromatic rings. The molecular weight excluding hydrogens is 228 g/mol. The Hall–Kier alpha value is -0.410. The van der Waals surface area contributed by atoms with Gasteiger partial charge in [-0.3, -0.25) is 0 Å². The third kappa shape index (κ3) is 3.78. The Morgan fingerprint density at radius 1 is 1.35 bits per heavy atom. The molecule has 0 atom stereocenters. The molecule has 1 heterocycles. The van der Waals surface area contributed by atoms with Crippen LogP contribution in [0.5, 0.6) is 0 Å². The fourth-order valence-electron chi connectivity index (χ4n) is 2.35. The normalized spacial score (nSPS) is 17.8. The van der Waals surface area contributed by atoms with Gasteiger partial charge in [0.1, 0.15) is 0 Å².